The fourth-order valence-corrected chi connectivity index (χ4v) is 4.67. The molecular formula is C23H38BFN2O4Si. The van der Waals surface area contributed by atoms with E-state index in [9.17, 15) is 9.59 Å². The lowest BCUT2D eigenvalue weighted by molar-refractivity contribution is -0.116. The summed E-state index contributed by atoms with van der Waals surface area (Å²) in [4.78, 5) is 26.6. The van der Waals surface area contributed by atoms with Crippen molar-refractivity contribution in [3.05, 3.63) is 24.0 Å². The Morgan fingerprint density at radius 2 is 1.78 bits per heavy atom. The van der Waals surface area contributed by atoms with Crippen LogP contribution >= 0.6 is 0 Å². The molecule has 0 bridgehead atoms. The number of hydrogen-bond acceptors (Lipinski definition) is 5. The van der Waals surface area contributed by atoms with E-state index in [1.807, 2.05) is 45.7 Å². The van der Waals surface area contributed by atoms with Crippen LogP contribution in [0.15, 0.2) is 18.2 Å². The Kier molecular flexibility index (Phi) is 6.74. The summed E-state index contributed by atoms with van der Waals surface area (Å²) in [7, 11) is -2.89. The van der Waals surface area contributed by atoms with Crippen molar-refractivity contribution in [2.75, 3.05) is 24.7 Å². The van der Waals surface area contributed by atoms with Crippen LogP contribution in [0.25, 0.3) is 0 Å². The van der Waals surface area contributed by atoms with Crippen LogP contribution in [0.4, 0.5) is 10.1 Å². The van der Waals surface area contributed by atoms with Crippen LogP contribution in [-0.2, 0) is 14.1 Å². The molecule has 1 N–H and O–H groups in total. The van der Waals surface area contributed by atoms with Crippen molar-refractivity contribution in [3.63, 3.8) is 0 Å². The third kappa shape index (κ3) is 4.97. The number of anilines is 1. The van der Waals surface area contributed by atoms with Crippen molar-refractivity contribution in [1.82, 2.24) is 4.90 Å². The second-order valence-corrected chi connectivity index (χ2v) is 15.8. The highest BCUT2D eigenvalue weighted by molar-refractivity contribution is 6.72. The molecular weight excluding hydrogens is 426 g/mol. The van der Waals surface area contributed by atoms with E-state index in [-0.39, 0.29) is 23.2 Å². The van der Waals surface area contributed by atoms with Gasteiger partial charge in [-0.2, -0.15) is 0 Å². The van der Waals surface area contributed by atoms with E-state index in [0.29, 0.717) is 12.1 Å². The maximum Gasteiger partial charge on any atom is 0.494 e. The van der Waals surface area contributed by atoms with Crippen LogP contribution in [0.1, 0.15) is 54.4 Å². The lowest BCUT2D eigenvalue weighted by atomic mass is 9.79. The monoisotopic (exact) mass is 464 g/mol. The van der Waals surface area contributed by atoms with Gasteiger partial charge in [-0.05, 0) is 76.3 Å². The number of benzene rings is 1. The molecule has 0 atom stereocenters. The fraction of sp³-hybridized carbons (Fsp3) is 0.696. The van der Waals surface area contributed by atoms with E-state index in [0.717, 1.165) is 19.4 Å². The third-order valence-electron chi connectivity index (χ3n) is 7.72. The predicted molar refractivity (Wildman–Crippen MR) is 129 cm³/mol. The molecule has 0 radical (unpaired) electrons. The van der Waals surface area contributed by atoms with Gasteiger partial charge in [0.15, 0.2) is 8.32 Å². The van der Waals surface area contributed by atoms with Crippen LogP contribution in [0.3, 0.4) is 0 Å². The standard InChI is InChI=1S/C23H38BFN2O4Si/c1-21(2,32(7,8)29)12-9-13-26-15-20(28)27(16-26)19-11-10-17(14-18(19)25)24-30-22(3,4)23(5,6)31-24/h10-11,14,29H,9,12-13,15-16H2,1-8H3. The number of carbonyl (C=O) groups is 1. The second kappa shape index (κ2) is 8.51. The Hall–Kier alpha value is -1.26. The van der Waals surface area contributed by atoms with E-state index in [4.69, 9.17) is 9.31 Å². The van der Waals surface area contributed by atoms with E-state index < -0.39 is 32.5 Å². The van der Waals surface area contributed by atoms with E-state index in [1.165, 1.54) is 11.0 Å². The lowest BCUT2D eigenvalue weighted by Crippen LogP contribution is -2.41. The fourth-order valence-electron chi connectivity index (χ4n) is 3.88. The number of carbonyl (C=O) groups excluding carboxylic acids is 1. The first kappa shape index (κ1) is 25.4. The minimum atomic E-state index is -2.25. The number of halogens is 1. The molecule has 6 nitrogen and oxygen atoms in total. The number of amides is 1. The normalized spacial score (nSPS) is 21.6. The maximum absolute atomic E-state index is 15.0. The zero-order chi connectivity index (χ0) is 24.1. The van der Waals surface area contributed by atoms with Gasteiger partial charge in [0.05, 0.1) is 30.1 Å². The molecule has 9 heteroatoms. The zero-order valence-electron chi connectivity index (χ0n) is 20.8. The summed E-state index contributed by atoms with van der Waals surface area (Å²) < 4.78 is 27.1. The van der Waals surface area contributed by atoms with Crippen molar-refractivity contribution in [1.29, 1.82) is 0 Å². The third-order valence-corrected chi connectivity index (χ3v) is 11.3. The van der Waals surface area contributed by atoms with Gasteiger partial charge < -0.3 is 14.1 Å². The molecule has 3 rings (SSSR count). The predicted octanol–water partition coefficient (Wildman–Crippen LogP) is 3.49. The molecule has 1 aromatic rings. The average molecular weight is 464 g/mol. The van der Waals surface area contributed by atoms with Gasteiger partial charge in [-0.25, -0.2) is 4.39 Å². The Morgan fingerprint density at radius 1 is 1.19 bits per heavy atom. The van der Waals surface area contributed by atoms with Crippen LogP contribution in [0.5, 0.6) is 0 Å². The van der Waals surface area contributed by atoms with Gasteiger partial charge in [0.2, 0.25) is 5.91 Å². The van der Waals surface area contributed by atoms with Gasteiger partial charge in [-0.15, -0.1) is 0 Å². The molecule has 1 aromatic carbocycles. The van der Waals surface area contributed by atoms with Gasteiger partial charge in [0.1, 0.15) is 5.82 Å². The second-order valence-electron chi connectivity index (χ2n) is 11.4. The number of hydrogen-bond donors (Lipinski definition) is 1. The van der Waals surface area contributed by atoms with E-state index in [2.05, 4.69) is 13.8 Å². The van der Waals surface area contributed by atoms with Crippen molar-refractivity contribution < 1.29 is 23.3 Å². The van der Waals surface area contributed by atoms with Crippen LogP contribution in [0, 0.1) is 5.82 Å². The highest BCUT2D eigenvalue weighted by Crippen LogP contribution is 2.40. The van der Waals surface area contributed by atoms with Gasteiger partial charge in [-0.3, -0.25) is 14.6 Å². The van der Waals surface area contributed by atoms with Crippen molar-refractivity contribution in [3.8, 4) is 0 Å². The van der Waals surface area contributed by atoms with Gasteiger partial charge in [0, 0.05) is 6.54 Å². The molecule has 178 valence electrons. The van der Waals surface area contributed by atoms with Crippen molar-refractivity contribution in [2.24, 2.45) is 0 Å². The molecule has 0 saturated carbocycles. The van der Waals surface area contributed by atoms with Crippen molar-refractivity contribution in [2.45, 2.75) is 83.7 Å². The molecule has 2 aliphatic rings. The summed E-state index contributed by atoms with van der Waals surface area (Å²) >= 11 is 0. The molecule has 0 spiro atoms. The van der Waals surface area contributed by atoms with Gasteiger partial charge in [-0.1, -0.05) is 19.9 Å². The topological polar surface area (TPSA) is 62.2 Å². The van der Waals surface area contributed by atoms with Crippen LogP contribution in [-0.4, -0.2) is 62.0 Å². The molecule has 0 aromatic heterocycles. The van der Waals surface area contributed by atoms with Crippen LogP contribution in [0.2, 0.25) is 18.1 Å². The SMILES string of the molecule is CC1(C)OB(c2ccc(N3CN(CCCC(C)(C)[Si](C)(C)O)CC3=O)c(F)c2)OC1(C)C. The van der Waals surface area contributed by atoms with Crippen molar-refractivity contribution >= 4 is 32.5 Å². The van der Waals surface area contributed by atoms with E-state index in [1.54, 1.807) is 12.1 Å². The number of nitrogens with zero attached hydrogens (tertiary/aromatic N) is 2. The molecule has 2 fully saturated rings. The molecule has 2 aliphatic heterocycles. The minimum absolute atomic E-state index is 0.0914. The molecule has 32 heavy (non-hydrogen) atoms. The van der Waals surface area contributed by atoms with E-state index >= 15 is 4.39 Å². The zero-order valence-corrected chi connectivity index (χ0v) is 21.8. The summed E-state index contributed by atoms with van der Waals surface area (Å²) in [5.74, 6) is -0.565. The maximum atomic E-state index is 15.0. The molecule has 2 heterocycles. The Bertz CT molecular complexity index is 856. The summed E-state index contributed by atoms with van der Waals surface area (Å²) in [6.07, 6.45) is 1.78. The highest BCUT2D eigenvalue weighted by atomic mass is 28.4. The Labute approximate surface area is 193 Å². The first-order chi connectivity index (χ1) is 14.5. The summed E-state index contributed by atoms with van der Waals surface area (Å²) in [6, 6.07) is 4.82. The first-order valence-corrected chi connectivity index (χ1v) is 14.4. The van der Waals surface area contributed by atoms with Crippen LogP contribution < -0.4 is 10.4 Å². The summed E-state index contributed by atoms with van der Waals surface area (Å²) in [5.41, 5.74) is -0.116. The molecule has 2 saturated heterocycles. The Balaban J connectivity index is 1.63. The molecule has 0 aliphatic carbocycles. The Morgan fingerprint density at radius 3 is 2.31 bits per heavy atom. The summed E-state index contributed by atoms with van der Waals surface area (Å²) in [6.45, 7) is 17.4. The first-order valence-electron chi connectivity index (χ1n) is 11.4. The highest BCUT2D eigenvalue weighted by Gasteiger charge is 2.52. The smallest absolute Gasteiger partial charge is 0.432 e. The largest absolute Gasteiger partial charge is 0.494 e. The molecule has 0 unspecified atom stereocenters. The number of rotatable bonds is 7. The van der Waals surface area contributed by atoms with Gasteiger partial charge >= 0.3 is 7.12 Å². The lowest BCUT2D eigenvalue weighted by Gasteiger charge is -2.35. The summed E-state index contributed by atoms with van der Waals surface area (Å²) in [5, 5.41) is -0.0914. The average Bonchev–Trinajstić information content (AvgIpc) is 3.09. The quantitative estimate of drug-likeness (QED) is 0.626. The molecule has 1 amide bonds. The van der Waals surface area contributed by atoms with Gasteiger partial charge in [0.25, 0.3) is 0 Å². The minimum Gasteiger partial charge on any atom is -0.432 e.